The smallest absolute Gasteiger partial charge is 0.253 e. The van der Waals surface area contributed by atoms with E-state index in [1.165, 1.54) is 0 Å². The summed E-state index contributed by atoms with van der Waals surface area (Å²) in [5.41, 5.74) is 0.636. The molecule has 3 rings (SSSR count). The van der Waals surface area contributed by atoms with Crippen molar-refractivity contribution >= 4 is 5.91 Å². The van der Waals surface area contributed by atoms with Gasteiger partial charge in [0, 0.05) is 19.2 Å². The van der Waals surface area contributed by atoms with E-state index in [1.54, 1.807) is 24.1 Å². The predicted octanol–water partition coefficient (Wildman–Crippen LogP) is 3.40. The largest absolute Gasteiger partial charge is 0.492 e. The van der Waals surface area contributed by atoms with E-state index in [0.717, 1.165) is 30.9 Å². The number of carbonyl (C=O) groups excluding carboxylic acids is 1. The highest BCUT2D eigenvalue weighted by atomic mass is 16.5. The van der Waals surface area contributed by atoms with Gasteiger partial charge in [0.25, 0.3) is 5.91 Å². The van der Waals surface area contributed by atoms with Crippen LogP contribution in [0.2, 0.25) is 0 Å². The quantitative estimate of drug-likeness (QED) is 0.728. The van der Waals surface area contributed by atoms with Gasteiger partial charge in [0.05, 0.1) is 12.6 Å². The topological polar surface area (TPSA) is 48.0 Å². The van der Waals surface area contributed by atoms with Gasteiger partial charge in [0.1, 0.15) is 24.7 Å². The lowest BCUT2D eigenvalue weighted by atomic mass is 10.2. The molecule has 0 aromatic heterocycles. The van der Waals surface area contributed by atoms with Crippen LogP contribution >= 0.6 is 0 Å². The molecule has 0 N–H and O–H groups in total. The fraction of sp³-hybridized carbons (Fsp3) is 0.381. The third kappa shape index (κ3) is 5.23. The van der Waals surface area contributed by atoms with Gasteiger partial charge in [-0.3, -0.25) is 4.79 Å². The standard InChI is InChI=1S/C21H25NO4/c1-22(13-15-25-18-6-3-2-4-7-18)21(23)17-9-11-19(12-10-17)26-16-20-8-5-14-24-20/h2-4,6-7,9-12,20H,5,8,13-16H2,1H3. The van der Waals surface area contributed by atoms with Crippen LogP contribution in [-0.4, -0.2) is 50.3 Å². The number of amides is 1. The molecule has 0 radical (unpaired) electrons. The van der Waals surface area contributed by atoms with Crippen molar-refractivity contribution in [2.24, 2.45) is 0 Å². The molecule has 0 bridgehead atoms. The molecule has 1 aliphatic heterocycles. The van der Waals surface area contributed by atoms with Crippen LogP contribution in [0, 0.1) is 0 Å². The first-order chi connectivity index (χ1) is 12.7. The van der Waals surface area contributed by atoms with Crippen molar-refractivity contribution in [2.45, 2.75) is 18.9 Å². The molecule has 5 heteroatoms. The lowest BCUT2D eigenvalue weighted by molar-refractivity contribution is 0.0679. The lowest BCUT2D eigenvalue weighted by Gasteiger charge is -2.18. The second-order valence-corrected chi connectivity index (χ2v) is 6.36. The highest BCUT2D eigenvalue weighted by Crippen LogP contribution is 2.17. The third-order valence-electron chi connectivity index (χ3n) is 4.35. The Bertz CT molecular complexity index is 681. The van der Waals surface area contributed by atoms with Crippen molar-refractivity contribution in [3.63, 3.8) is 0 Å². The summed E-state index contributed by atoms with van der Waals surface area (Å²) in [6.07, 6.45) is 2.33. The van der Waals surface area contributed by atoms with Gasteiger partial charge >= 0.3 is 0 Å². The monoisotopic (exact) mass is 355 g/mol. The van der Waals surface area contributed by atoms with Crippen LogP contribution in [-0.2, 0) is 4.74 Å². The van der Waals surface area contributed by atoms with Crippen LogP contribution in [0.25, 0.3) is 0 Å². The number of para-hydroxylation sites is 1. The number of hydrogen-bond donors (Lipinski definition) is 0. The second-order valence-electron chi connectivity index (χ2n) is 6.36. The van der Waals surface area contributed by atoms with Gasteiger partial charge in [-0.15, -0.1) is 0 Å². The summed E-state index contributed by atoms with van der Waals surface area (Å²) in [4.78, 5) is 14.1. The van der Waals surface area contributed by atoms with Gasteiger partial charge in [-0.05, 0) is 49.2 Å². The van der Waals surface area contributed by atoms with E-state index in [-0.39, 0.29) is 12.0 Å². The molecule has 1 atom stereocenters. The first-order valence-corrected chi connectivity index (χ1v) is 9.00. The highest BCUT2D eigenvalue weighted by molar-refractivity contribution is 5.94. The van der Waals surface area contributed by atoms with Crippen molar-refractivity contribution in [1.82, 2.24) is 4.90 Å². The molecular formula is C21H25NO4. The number of carbonyl (C=O) groups is 1. The number of nitrogens with zero attached hydrogens (tertiary/aromatic N) is 1. The number of rotatable bonds is 8. The molecule has 138 valence electrons. The minimum Gasteiger partial charge on any atom is -0.492 e. The summed E-state index contributed by atoms with van der Waals surface area (Å²) in [5.74, 6) is 1.53. The Morgan fingerprint density at radius 2 is 1.81 bits per heavy atom. The molecule has 2 aromatic carbocycles. The summed E-state index contributed by atoms with van der Waals surface area (Å²) in [5, 5.41) is 0. The molecule has 0 saturated carbocycles. The average molecular weight is 355 g/mol. The van der Waals surface area contributed by atoms with Gasteiger partial charge in [0.2, 0.25) is 0 Å². The van der Waals surface area contributed by atoms with Gasteiger partial charge in [-0.25, -0.2) is 0 Å². The molecule has 1 unspecified atom stereocenters. The summed E-state index contributed by atoms with van der Waals surface area (Å²) in [6.45, 7) is 2.35. The maximum Gasteiger partial charge on any atom is 0.253 e. The molecule has 5 nitrogen and oxygen atoms in total. The fourth-order valence-electron chi connectivity index (χ4n) is 2.80. The summed E-state index contributed by atoms with van der Waals surface area (Å²) < 4.78 is 16.9. The van der Waals surface area contributed by atoms with Crippen molar-refractivity contribution in [3.05, 3.63) is 60.2 Å². The summed E-state index contributed by atoms with van der Waals surface area (Å²) in [6, 6.07) is 16.8. The Morgan fingerprint density at radius 1 is 1.08 bits per heavy atom. The molecule has 1 fully saturated rings. The van der Waals surface area contributed by atoms with Gasteiger partial charge in [0.15, 0.2) is 0 Å². The molecule has 1 heterocycles. The zero-order valence-electron chi connectivity index (χ0n) is 15.1. The van der Waals surface area contributed by atoms with Crippen LogP contribution in [0.5, 0.6) is 11.5 Å². The minimum absolute atomic E-state index is 0.0349. The van der Waals surface area contributed by atoms with E-state index in [9.17, 15) is 4.79 Å². The Morgan fingerprint density at radius 3 is 2.50 bits per heavy atom. The first kappa shape index (κ1) is 18.3. The van der Waals surface area contributed by atoms with Crippen molar-refractivity contribution < 1.29 is 19.0 Å². The normalized spacial score (nSPS) is 16.3. The summed E-state index contributed by atoms with van der Waals surface area (Å²) >= 11 is 0. The maximum atomic E-state index is 12.5. The second kappa shape index (κ2) is 9.25. The molecule has 0 aliphatic carbocycles. The van der Waals surface area contributed by atoms with Crippen LogP contribution in [0.15, 0.2) is 54.6 Å². The number of hydrogen-bond acceptors (Lipinski definition) is 4. The molecule has 1 amide bonds. The van der Waals surface area contributed by atoms with Crippen molar-refractivity contribution in [1.29, 1.82) is 0 Å². The Balaban J connectivity index is 1.44. The number of ether oxygens (including phenoxy) is 3. The van der Waals surface area contributed by atoms with E-state index < -0.39 is 0 Å². The predicted molar refractivity (Wildman–Crippen MR) is 99.8 cm³/mol. The zero-order chi connectivity index (χ0) is 18.2. The van der Waals surface area contributed by atoms with E-state index in [0.29, 0.717) is 25.3 Å². The third-order valence-corrected chi connectivity index (χ3v) is 4.35. The van der Waals surface area contributed by atoms with E-state index in [1.807, 2.05) is 42.5 Å². The van der Waals surface area contributed by atoms with Crippen LogP contribution in [0.4, 0.5) is 0 Å². The minimum atomic E-state index is -0.0349. The first-order valence-electron chi connectivity index (χ1n) is 9.00. The summed E-state index contributed by atoms with van der Waals surface area (Å²) in [7, 11) is 1.78. The Kier molecular flexibility index (Phi) is 6.50. The molecule has 0 spiro atoms. The van der Waals surface area contributed by atoms with Crippen molar-refractivity contribution in [3.8, 4) is 11.5 Å². The van der Waals surface area contributed by atoms with Gasteiger partial charge in [-0.1, -0.05) is 18.2 Å². The van der Waals surface area contributed by atoms with Crippen LogP contribution in [0.3, 0.4) is 0 Å². The van der Waals surface area contributed by atoms with Gasteiger partial charge < -0.3 is 19.1 Å². The average Bonchev–Trinajstić information content (AvgIpc) is 3.20. The Labute approximate surface area is 154 Å². The molecule has 26 heavy (non-hydrogen) atoms. The van der Waals surface area contributed by atoms with Gasteiger partial charge in [-0.2, -0.15) is 0 Å². The van der Waals surface area contributed by atoms with E-state index in [2.05, 4.69) is 0 Å². The van der Waals surface area contributed by atoms with Crippen molar-refractivity contribution in [2.75, 3.05) is 33.4 Å². The van der Waals surface area contributed by atoms with E-state index in [4.69, 9.17) is 14.2 Å². The molecule has 2 aromatic rings. The van der Waals surface area contributed by atoms with E-state index >= 15 is 0 Å². The van der Waals surface area contributed by atoms with Crippen LogP contribution in [0.1, 0.15) is 23.2 Å². The number of benzene rings is 2. The number of likely N-dealkylation sites (N-methyl/N-ethyl adjacent to an activating group) is 1. The molecular weight excluding hydrogens is 330 g/mol. The fourth-order valence-corrected chi connectivity index (χ4v) is 2.80. The molecule has 1 aliphatic rings. The SMILES string of the molecule is CN(CCOc1ccccc1)C(=O)c1ccc(OCC2CCCO2)cc1. The molecule has 1 saturated heterocycles. The zero-order valence-corrected chi connectivity index (χ0v) is 15.1. The Hall–Kier alpha value is -2.53. The maximum absolute atomic E-state index is 12.5. The van der Waals surface area contributed by atoms with Crippen LogP contribution < -0.4 is 9.47 Å². The highest BCUT2D eigenvalue weighted by Gasteiger charge is 2.16. The lowest BCUT2D eigenvalue weighted by Crippen LogP contribution is -2.30.